The summed E-state index contributed by atoms with van der Waals surface area (Å²) in [7, 11) is -3.97. The first-order valence-electron chi connectivity index (χ1n) is 12.9. The van der Waals surface area contributed by atoms with Crippen molar-refractivity contribution in [2.75, 3.05) is 4.90 Å². The largest absolute Gasteiger partial charge is 0.467 e. The molecule has 208 valence electrons. The second-order valence-electron chi connectivity index (χ2n) is 9.57. The second-order valence-corrected chi connectivity index (χ2v) is 11.1. The molecular weight excluding hydrogens is 534 g/mol. The van der Waals surface area contributed by atoms with Crippen LogP contribution in [0.25, 0.3) is 11.4 Å². The maximum Gasteiger partial charge on any atom is 0.251 e. The SMILES string of the molecule is NS(=O)(=O)c1ccc(N(C(=O)Cn2nnc(-c3ccccc3)n2)[C@H](C(=O)NC2CCCCC2)c2ccco2)cc1. The number of rotatable bonds is 9. The first-order chi connectivity index (χ1) is 19.3. The van der Waals surface area contributed by atoms with E-state index in [1.54, 1.807) is 12.1 Å². The third-order valence-corrected chi connectivity index (χ3v) is 7.67. The minimum absolute atomic E-state index is 0.0224. The van der Waals surface area contributed by atoms with Gasteiger partial charge >= 0.3 is 0 Å². The molecule has 0 radical (unpaired) electrons. The number of nitrogens with one attached hydrogen (secondary N) is 1. The molecular formula is C27H29N7O5S. The lowest BCUT2D eigenvalue weighted by molar-refractivity contribution is -0.128. The summed E-state index contributed by atoms with van der Waals surface area (Å²) in [6.45, 7) is -0.343. The molecule has 1 aliphatic rings. The van der Waals surface area contributed by atoms with Crippen LogP contribution >= 0.6 is 0 Å². The van der Waals surface area contributed by atoms with Gasteiger partial charge < -0.3 is 9.73 Å². The number of hydrogen-bond donors (Lipinski definition) is 2. The number of nitrogens with zero attached hydrogens (tertiary/aromatic N) is 5. The fraction of sp³-hybridized carbons (Fsp3) is 0.296. The lowest BCUT2D eigenvalue weighted by atomic mass is 9.95. The van der Waals surface area contributed by atoms with Crippen LogP contribution in [0, 0.1) is 0 Å². The van der Waals surface area contributed by atoms with Crippen molar-refractivity contribution in [3.8, 4) is 11.4 Å². The molecule has 40 heavy (non-hydrogen) atoms. The van der Waals surface area contributed by atoms with Crippen LogP contribution in [0.1, 0.15) is 43.9 Å². The molecule has 4 aromatic rings. The Hall–Kier alpha value is -4.36. The standard InChI is InChI=1S/C27H29N7O5S/c28-40(37,38)22-15-13-21(14-16-22)34(24(35)18-33-31-26(30-32-33)19-8-3-1-4-9-19)25(23-12-7-17-39-23)27(36)29-20-10-5-2-6-11-20/h1,3-4,7-9,12-17,20,25H,2,5-6,10-11,18H2,(H,29,36)(H2,28,37,38)/t25-/m0/s1. The van der Waals surface area contributed by atoms with Crippen LogP contribution in [0.15, 0.2) is 82.3 Å². The van der Waals surface area contributed by atoms with Gasteiger partial charge in [-0.1, -0.05) is 49.6 Å². The Labute approximate surface area is 231 Å². The van der Waals surface area contributed by atoms with Crippen molar-refractivity contribution in [3.63, 3.8) is 0 Å². The van der Waals surface area contributed by atoms with Crippen molar-refractivity contribution in [2.24, 2.45) is 5.14 Å². The molecule has 12 nitrogen and oxygen atoms in total. The number of amides is 2. The van der Waals surface area contributed by atoms with Gasteiger partial charge in [-0.25, -0.2) is 13.6 Å². The number of sulfonamides is 1. The number of aromatic nitrogens is 4. The summed E-state index contributed by atoms with van der Waals surface area (Å²) in [4.78, 5) is 29.9. The van der Waals surface area contributed by atoms with Crippen LogP contribution in [-0.2, 0) is 26.2 Å². The summed E-state index contributed by atoms with van der Waals surface area (Å²) in [5.41, 5.74) is 0.998. The lowest BCUT2D eigenvalue weighted by Gasteiger charge is -2.32. The van der Waals surface area contributed by atoms with Crippen LogP contribution in [0.4, 0.5) is 5.69 Å². The molecule has 2 heterocycles. The third-order valence-electron chi connectivity index (χ3n) is 6.74. The smallest absolute Gasteiger partial charge is 0.251 e. The van der Waals surface area contributed by atoms with E-state index in [1.165, 1.54) is 35.4 Å². The Morgan fingerprint density at radius 1 is 1.02 bits per heavy atom. The molecule has 0 saturated heterocycles. The van der Waals surface area contributed by atoms with Gasteiger partial charge in [0.25, 0.3) is 11.8 Å². The molecule has 0 spiro atoms. The number of anilines is 1. The van der Waals surface area contributed by atoms with Gasteiger partial charge in [0, 0.05) is 17.3 Å². The zero-order chi connectivity index (χ0) is 28.1. The van der Waals surface area contributed by atoms with Crippen molar-refractivity contribution in [3.05, 3.63) is 78.8 Å². The van der Waals surface area contributed by atoms with Gasteiger partial charge in [-0.2, -0.15) is 4.80 Å². The monoisotopic (exact) mass is 563 g/mol. The number of carbonyl (C=O) groups excluding carboxylic acids is 2. The van der Waals surface area contributed by atoms with Gasteiger partial charge in [-0.05, 0) is 54.5 Å². The van der Waals surface area contributed by atoms with Crippen LogP contribution in [0.5, 0.6) is 0 Å². The highest BCUT2D eigenvalue weighted by Gasteiger charge is 2.36. The van der Waals surface area contributed by atoms with E-state index in [0.29, 0.717) is 5.82 Å². The van der Waals surface area contributed by atoms with E-state index in [0.717, 1.165) is 42.5 Å². The summed E-state index contributed by atoms with van der Waals surface area (Å²) in [5, 5.41) is 20.8. The molecule has 1 fully saturated rings. The summed E-state index contributed by atoms with van der Waals surface area (Å²) in [5.74, 6) is -0.369. The van der Waals surface area contributed by atoms with Crippen LogP contribution in [0.2, 0.25) is 0 Å². The quantitative estimate of drug-likeness (QED) is 0.314. The highest BCUT2D eigenvalue weighted by Crippen LogP contribution is 2.30. The molecule has 2 aromatic heterocycles. The number of primary sulfonamides is 1. The van der Waals surface area contributed by atoms with E-state index in [4.69, 9.17) is 9.56 Å². The molecule has 0 bridgehead atoms. The number of nitrogens with two attached hydrogens (primary N) is 1. The topological polar surface area (TPSA) is 166 Å². The first-order valence-corrected chi connectivity index (χ1v) is 14.5. The van der Waals surface area contributed by atoms with Crippen LogP contribution in [-0.4, -0.2) is 46.5 Å². The maximum atomic E-state index is 13.9. The summed E-state index contributed by atoms with van der Waals surface area (Å²) in [6.07, 6.45) is 6.25. The molecule has 0 unspecified atom stereocenters. The lowest BCUT2D eigenvalue weighted by Crippen LogP contribution is -2.48. The van der Waals surface area contributed by atoms with E-state index < -0.39 is 27.9 Å². The molecule has 1 aliphatic carbocycles. The van der Waals surface area contributed by atoms with Gasteiger partial charge in [-0.3, -0.25) is 14.5 Å². The highest BCUT2D eigenvalue weighted by atomic mass is 32.2. The zero-order valence-corrected chi connectivity index (χ0v) is 22.4. The van der Waals surface area contributed by atoms with E-state index in [1.807, 2.05) is 30.3 Å². The normalized spacial score (nSPS) is 14.9. The fourth-order valence-corrected chi connectivity index (χ4v) is 5.31. The maximum absolute atomic E-state index is 13.9. The molecule has 1 saturated carbocycles. The van der Waals surface area contributed by atoms with Crippen molar-refractivity contribution in [2.45, 2.75) is 55.6 Å². The van der Waals surface area contributed by atoms with Crippen molar-refractivity contribution in [1.29, 1.82) is 0 Å². The number of furan rings is 1. The average Bonchev–Trinajstić information content (AvgIpc) is 3.65. The Morgan fingerprint density at radius 2 is 1.75 bits per heavy atom. The molecule has 13 heteroatoms. The third kappa shape index (κ3) is 6.26. The van der Waals surface area contributed by atoms with Crippen LogP contribution < -0.4 is 15.4 Å². The predicted molar refractivity (Wildman–Crippen MR) is 145 cm³/mol. The number of tetrazole rings is 1. The predicted octanol–water partition coefficient (Wildman–Crippen LogP) is 2.80. The molecule has 1 atom stereocenters. The van der Waals surface area contributed by atoms with Gasteiger partial charge in [0.2, 0.25) is 15.8 Å². The van der Waals surface area contributed by atoms with E-state index >= 15 is 0 Å². The van der Waals surface area contributed by atoms with Crippen molar-refractivity contribution in [1.82, 2.24) is 25.5 Å². The Bertz CT molecular complexity index is 1550. The highest BCUT2D eigenvalue weighted by molar-refractivity contribution is 7.89. The fourth-order valence-electron chi connectivity index (χ4n) is 4.79. The van der Waals surface area contributed by atoms with Crippen LogP contribution in [0.3, 0.4) is 0 Å². The average molecular weight is 564 g/mol. The van der Waals surface area contributed by atoms with Crippen molar-refractivity contribution >= 4 is 27.5 Å². The van der Waals surface area contributed by atoms with Crippen molar-refractivity contribution < 1.29 is 22.4 Å². The minimum Gasteiger partial charge on any atom is -0.467 e. The first kappa shape index (κ1) is 27.2. The minimum atomic E-state index is -3.97. The van der Waals surface area contributed by atoms with E-state index in [-0.39, 0.29) is 28.9 Å². The Kier molecular flexibility index (Phi) is 8.03. The Balaban J connectivity index is 1.50. The molecule has 2 aromatic carbocycles. The van der Waals surface area contributed by atoms with Gasteiger partial charge in [0.1, 0.15) is 12.3 Å². The van der Waals surface area contributed by atoms with Gasteiger partial charge in [0.15, 0.2) is 6.04 Å². The zero-order valence-electron chi connectivity index (χ0n) is 21.6. The number of carbonyl (C=O) groups is 2. The van der Waals surface area contributed by atoms with E-state index in [9.17, 15) is 18.0 Å². The molecule has 2 amide bonds. The van der Waals surface area contributed by atoms with Gasteiger partial charge in [0.05, 0.1) is 11.2 Å². The molecule has 3 N–H and O–H groups in total. The second kappa shape index (κ2) is 11.8. The van der Waals surface area contributed by atoms with Gasteiger partial charge in [-0.15, -0.1) is 10.2 Å². The molecule has 0 aliphatic heterocycles. The number of benzene rings is 2. The summed E-state index contributed by atoms with van der Waals surface area (Å²) >= 11 is 0. The number of hydrogen-bond acceptors (Lipinski definition) is 8. The summed E-state index contributed by atoms with van der Waals surface area (Å²) < 4.78 is 29.3. The Morgan fingerprint density at radius 3 is 2.40 bits per heavy atom. The van der Waals surface area contributed by atoms with E-state index in [2.05, 4.69) is 20.7 Å². The molecule has 5 rings (SSSR count). The summed E-state index contributed by atoms with van der Waals surface area (Å²) in [6, 6.07) is 16.7.